The summed E-state index contributed by atoms with van der Waals surface area (Å²) in [6, 6.07) is 11.4. The molecule has 2 aromatic heterocycles. The van der Waals surface area contributed by atoms with Crippen LogP contribution in [-0.4, -0.2) is 32.2 Å². The molecule has 0 saturated heterocycles. The van der Waals surface area contributed by atoms with Gasteiger partial charge in [-0.25, -0.2) is 4.98 Å². The predicted octanol–water partition coefficient (Wildman–Crippen LogP) is 5.19. The number of imidazole rings is 1. The third-order valence-electron chi connectivity index (χ3n) is 5.20. The summed E-state index contributed by atoms with van der Waals surface area (Å²) in [5.41, 5.74) is 0.948. The minimum atomic E-state index is -0.373. The Morgan fingerprint density at radius 2 is 1.90 bits per heavy atom. The molecule has 3 aromatic rings. The Balaban J connectivity index is 1.49. The van der Waals surface area contributed by atoms with Crippen molar-refractivity contribution >= 4 is 29.0 Å². The zero-order valence-corrected chi connectivity index (χ0v) is 17.9. The number of anilines is 1. The third kappa shape index (κ3) is 5.65. The Morgan fingerprint density at radius 1 is 1.13 bits per heavy atom. The van der Waals surface area contributed by atoms with Crippen LogP contribution in [0.2, 0.25) is 10.0 Å². The van der Waals surface area contributed by atoms with Crippen LogP contribution in [0.1, 0.15) is 43.2 Å². The number of nitrogens with one attached hydrogen (secondary N) is 2. The fourth-order valence-corrected chi connectivity index (χ4v) is 4.30. The van der Waals surface area contributed by atoms with E-state index in [2.05, 4.69) is 20.3 Å². The molecule has 158 valence electrons. The summed E-state index contributed by atoms with van der Waals surface area (Å²) in [5.74, 6) is 1.97. The Kier molecular flexibility index (Phi) is 6.77. The number of hydrogen-bond acceptors (Lipinski definition) is 5. The lowest BCUT2D eigenvalue weighted by molar-refractivity contribution is 0.126. The number of nitrogens with zero attached hydrogens (tertiary/aromatic N) is 2. The molecule has 4 rings (SSSR count). The van der Waals surface area contributed by atoms with Gasteiger partial charge in [0.05, 0.1) is 6.10 Å². The van der Waals surface area contributed by atoms with Crippen LogP contribution in [0, 0.1) is 0 Å². The van der Waals surface area contributed by atoms with Crippen LogP contribution in [0.5, 0.6) is 5.88 Å². The van der Waals surface area contributed by atoms with E-state index >= 15 is 0 Å². The van der Waals surface area contributed by atoms with Crippen molar-refractivity contribution in [1.82, 2.24) is 15.0 Å². The van der Waals surface area contributed by atoms with Crippen molar-refractivity contribution in [3.8, 4) is 5.88 Å². The van der Waals surface area contributed by atoms with Gasteiger partial charge in [0.1, 0.15) is 11.6 Å². The molecule has 0 amide bonds. The molecular formula is C22H24Cl2N4O2. The lowest BCUT2D eigenvalue weighted by atomic mass is 9.93. The van der Waals surface area contributed by atoms with Gasteiger partial charge < -0.3 is 20.1 Å². The molecule has 8 heteroatoms. The summed E-state index contributed by atoms with van der Waals surface area (Å²) in [6.07, 6.45) is 6.93. The summed E-state index contributed by atoms with van der Waals surface area (Å²) in [6.45, 7) is 0. The molecule has 0 spiro atoms. The van der Waals surface area contributed by atoms with Gasteiger partial charge in [0.15, 0.2) is 6.10 Å². The number of aliphatic hydroxyl groups is 1. The van der Waals surface area contributed by atoms with Crippen molar-refractivity contribution in [1.29, 1.82) is 0 Å². The van der Waals surface area contributed by atoms with Gasteiger partial charge >= 0.3 is 0 Å². The van der Waals surface area contributed by atoms with Gasteiger partial charge in [-0.2, -0.15) is 4.98 Å². The molecule has 0 radical (unpaired) electrons. The van der Waals surface area contributed by atoms with Crippen LogP contribution in [0.3, 0.4) is 0 Å². The Labute approximate surface area is 185 Å². The van der Waals surface area contributed by atoms with Crippen LogP contribution in [-0.2, 0) is 6.42 Å². The number of pyridine rings is 1. The lowest BCUT2D eigenvalue weighted by Gasteiger charge is -2.26. The van der Waals surface area contributed by atoms with Crippen LogP contribution in [0.15, 0.2) is 48.8 Å². The zero-order chi connectivity index (χ0) is 20.9. The monoisotopic (exact) mass is 446 g/mol. The second-order valence-electron chi connectivity index (χ2n) is 7.57. The number of rotatable bonds is 7. The molecule has 1 aliphatic carbocycles. The number of halogens is 2. The first-order valence-electron chi connectivity index (χ1n) is 10.1. The molecule has 2 heterocycles. The van der Waals surface area contributed by atoms with Gasteiger partial charge in [-0.15, -0.1) is 0 Å². The highest BCUT2D eigenvalue weighted by molar-refractivity contribution is 6.34. The van der Waals surface area contributed by atoms with Gasteiger partial charge in [-0.1, -0.05) is 29.3 Å². The highest BCUT2D eigenvalue weighted by Gasteiger charge is 2.21. The summed E-state index contributed by atoms with van der Waals surface area (Å²) >= 11 is 12.3. The van der Waals surface area contributed by atoms with Crippen molar-refractivity contribution in [3.63, 3.8) is 0 Å². The van der Waals surface area contributed by atoms with Crippen molar-refractivity contribution < 1.29 is 9.84 Å². The van der Waals surface area contributed by atoms with E-state index in [9.17, 15) is 5.11 Å². The molecular weight excluding hydrogens is 423 g/mol. The van der Waals surface area contributed by atoms with Crippen molar-refractivity contribution in [2.75, 3.05) is 5.32 Å². The number of aromatic amines is 1. The Morgan fingerprint density at radius 3 is 2.60 bits per heavy atom. The number of hydrogen-bond donors (Lipinski definition) is 3. The minimum absolute atomic E-state index is 0.181. The van der Waals surface area contributed by atoms with E-state index in [0.29, 0.717) is 34.2 Å². The standard InChI is InChI=1S/C22H24Cl2N4O2/c23-15-10-14(11-16(24)13-15)12-19(22-25-8-9-26-22)30-21-3-1-2-20(28-21)27-17-4-6-18(29)7-5-17/h1-3,8-11,13,17-19,29H,4-7,12H2,(H,25,26)(H,27,28)/t17-,18-,19?. The number of benzene rings is 1. The SMILES string of the molecule is O[C@H]1CC[C@H](Nc2cccc(OC(Cc3cc(Cl)cc(Cl)c3)c3ncc[nH]3)n2)CC1. The number of H-pyrrole nitrogens is 1. The van der Waals surface area contributed by atoms with Crippen LogP contribution in [0.4, 0.5) is 5.82 Å². The molecule has 0 bridgehead atoms. The maximum atomic E-state index is 9.69. The van der Waals surface area contributed by atoms with Crippen molar-refractivity contribution in [3.05, 3.63) is 70.2 Å². The molecule has 1 atom stereocenters. The minimum Gasteiger partial charge on any atom is -0.466 e. The molecule has 1 saturated carbocycles. The molecule has 30 heavy (non-hydrogen) atoms. The van der Waals surface area contributed by atoms with Gasteiger partial charge in [-0.05, 0) is 55.5 Å². The maximum absolute atomic E-state index is 9.69. The average Bonchev–Trinajstić information content (AvgIpc) is 3.24. The highest BCUT2D eigenvalue weighted by Crippen LogP contribution is 2.27. The van der Waals surface area contributed by atoms with E-state index in [1.807, 2.05) is 30.3 Å². The molecule has 1 aromatic carbocycles. The van der Waals surface area contributed by atoms with Gasteiger partial charge in [0.25, 0.3) is 0 Å². The highest BCUT2D eigenvalue weighted by atomic mass is 35.5. The zero-order valence-electron chi connectivity index (χ0n) is 16.4. The van der Waals surface area contributed by atoms with Crippen LogP contribution >= 0.6 is 23.2 Å². The fourth-order valence-electron chi connectivity index (χ4n) is 3.73. The van der Waals surface area contributed by atoms with Crippen LogP contribution < -0.4 is 10.1 Å². The van der Waals surface area contributed by atoms with E-state index in [4.69, 9.17) is 27.9 Å². The Hall–Kier alpha value is -2.28. The number of ether oxygens (including phenoxy) is 1. The van der Waals surface area contributed by atoms with E-state index in [-0.39, 0.29) is 12.2 Å². The van der Waals surface area contributed by atoms with Crippen molar-refractivity contribution in [2.45, 2.75) is 50.4 Å². The Bertz CT molecular complexity index is 939. The normalized spacial score (nSPS) is 20.0. The smallest absolute Gasteiger partial charge is 0.215 e. The second kappa shape index (κ2) is 9.69. The summed E-state index contributed by atoms with van der Waals surface area (Å²) in [4.78, 5) is 12.1. The maximum Gasteiger partial charge on any atom is 0.215 e. The predicted molar refractivity (Wildman–Crippen MR) is 118 cm³/mol. The largest absolute Gasteiger partial charge is 0.466 e. The van der Waals surface area contributed by atoms with E-state index < -0.39 is 0 Å². The molecule has 1 aliphatic rings. The molecule has 6 nitrogen and oxygen atoms in total. The summed E-state index contributed by atoms with van der Waals surface area (Å²) < 4.78 is 6.22. The summed E-state index contributed by atoms with van der Waals surface area (Å²) in [7, 11) is 0. The van der Waals surface area contributed by atoms with E-state index in [1.54, 1.807) is 18.5 Å². The summed E-state index contributed by atoms with van der Waals surface area (Å²) in [5, 5.41) is 14.3. The first-order chi connectivity index (χ1) is 14.5. The van der Waals surface area contributed by atoms with Crippen LogP contribution in [0.25, 0.3) is 0 Å². The first kappa shape index (κ1) is 21.0. The molecule has 1 unspecified atom stereocenters. The lowest BCUT2D eigenvalue weighted by Crippen LogP contribution is -2.28. The third-order valence-corrected chi connectivity index (χ3v) is 5.64. The molecule has 0 aliphatic heterocycles. The van der Waals surface area contributed by atoms with E-state index in [0.717, 1.165) is 37.1 Å². The van der Waals surface area contributed by atoms with Gasteiger partial charge in [-0.3, -0.25) is 0 Å². The molecule has 3 N–H and O–H groups in total. The molecule has 1 fully saturated rings. The number of aromatic nitrogens is 3. The van der Waals surface area contributed by atoms with Gasteiger partial charge in [0.2, 0.25) is 5.88 Å². The quantitative estimate of drug-likeness (QED) is 0.464. The second-order valence-corrected chi connectivity index (χ2v) is 8.45. The first-order valence-corrected chi connectivity index (χ1v) is 10.8. The fraction of sp³-hybridized carbons (Fsp3) is 0.364. The topological polar surface area (TPSA) is 83.1 Å². The van der Waals surface area contributed by atoms with E-state index in [1.165, 1.54) is 0 Å². The van der Waals surface area contributed by atoms with Gasteiger partial charge in [0, 0.05) is 41.0 Å². The number of aliphatic hydroxyl groups excluding tert-OH is 1. The van der Waals surface area contributed by atoms with Crippen molar-refractivity contribution in [2.24, 2.45) is 0 Å². The average molecular weight is 447 g/mol.